The molecule has 0 bridgehead atoms. The lowest BCUT2D eigenvalue weighted by Crippen LogP contribution is -2.30. The number of pyridine rings is 1. The summed E-state index contributed by atoms with van der Waals surface area (Å²) in [5.74, 6) is -0.280. The molecule has 2 aromatic rings. The van der Waals surface area contributed by atoms with Crippen molar-refractivity contribution in [2.45, 2.75) is 18.9 Å². The lowest BCUT2D eigenvalue weighted by molar-refractivity contribution is 0.0946. The minimum Gasteiger partial charge on any atom is -0.348 e. The van der Waals surface area contributed by atoms with Crippen LogP contribution in [-0.2, 0) is 7.05 Å². The Bertz CT molecular complexity index is 786. The van der Waals surface area contributed by atoms with Crippen LogP contribution in [0.5, 0.6) is 0 Å². The summed E-state index contributed by atoms with van der Waals surface area (Å²) in [5, 5.41) is 3.09. The molecule has 1 saturated carbocycles. The van der Waals surface area contributed by atoms with Gasteiger partial charge in [0, 0.05) is 13.1 Å². The lowest BCUT2D eigenvalue weighted by Gasteiger charge is -2.06. The van der Waals surface area contributed by atoms with Crippen molar-refractivity contribution in [3.05, 3.63) is 38.7 Å². The first-order valence-electron chi connectivity index (χ1n) is 5.97. The highest BCUT2D eigenvalue weighted by Gasteiger charge is 2.24. The first-order valence-corrected chi connectivity index (χ1v) is 5.97. The molecule has 0 spiro atoms. The zero-order valence-electron chi connectivity index (χ0n) is 10.3. The second kappa shape index (κ2) is 4.04. The summed E-state index contributed by atoms with van der Waals surface area (Å²) < 4.78 is 1.21. The van der Waals surface area contributed by atoms with E-state index in [-0.39, 0.29) is 28.7 Å². The van der Waals surface area contributed by atoms with Gasteiger partial charge in [-0.25, -0.2) is 9.78 Å². The number of amides is 1. The van der Waals surface area contributed by atoms with E-state index in [9.17, 15) is 14.4 Å². The van der Waals surface area contributed by atoms with Gasteiger partial charge in [0.05, 0.1) is 5.39 Å². The van der Waals surface area contributed by atoms with E-state index in [0.717, 1.165) is 12.8 Å². The molecule has 19 heavy (non-hydrogen) atoms. The van der Waals surface area contributed by atoms with E-state index in [1.165, 1.54) is 23.7 Å². The number of nitrogens with zero attached hydrogens (tertiary/aromatic N) is 2. The van der Waals surface area contributed by atoms with Gasteiger partial charge in [-0.1, -0.05) is 0 Å². The predicted molar refractivity (Wildman–Crippen MR) is 68.1 cm³/mol. The summed E-state index contributed by atoms with van der Waals surface area (Å²) >= 11 is 0. The van der Waals surface area contributed by atoms with Crippen molar-refractivity contribution in [3.8, 4) is 0 Å². The number of aromatic nitrogens is 3. The Balaban J connectivity index is 2.14. The highest BCUT2D eigenvalue weighted by Crippen LogP contribution is 2.19. The Labute approximate surface area is 107 Å². The minimum atomic E-state index is -0.551. The molecule has 0 aromatic carbocycles. The molecule has 1 aliphatic carbocycles. The van der Waals surface area contributed by atoms with Crippen molar-refractivity contribution in [1.29, 1.82) is 0 Å². The molecular formula is C12H12N4O3. The van der Waals surface area contributed by atoms with Gasteiger partial charge < -0.3 is 5.32 Å². The highest BCUT2D eigenvalue weighted by molar-refractivity contribution is 5.94. The highest BCUT2D eigenvalue weighted by atomic mass is 16.2. The zero-order chi connectivity index (χ0) is 13.6. The smallest absolute Gasteiger partial charge is 0.329 e. The molecule has 0 aliphatic heterocycles. The van der Waals surface area contributed by atoms with Crippen LogP contribution in [0.2, 0.25) is 0 Å². The molecule has 2 N–H and O–H groups in total. The van der Waals surface area contributed by atoms with Gasteiger partial charge in [-0.2, -0.15) is 0 Å². The quantitative estimate of drug-likeness (QED) is 0.761. The molecule has 2 heterocycles. The van der Waals surface area contributed by atoms with Crippen LogP contribution in [-0.4, -0.2) is 26.5 Å². The van der Waals surface area contributed by atoms with E-state index in [1.807, 2.05) is 0 Å². The molecule has 0 radical (unpaired) electrons. The van der Waals surface area contributed by atoms with Gasteiger partial charge in [0.15, 0.2) is 0 Å². The molecule has 2 aromatic heterocycles. The van der Waals surface area contributed by atoms with Crippen molar-refractivity contribution < 1.29 is 4.79 Å². The standard InChI is InChI=1S/C12H12N4O3/c1-16-9-7(10(17)15-12(16)19)4-5-8(14-9)11(18)13-6-2-3-6/h4-6H,2-3H2,1H3,(H,13,18)(H,15,17,19). The van der Waals surface area contributed by atoms with Crippen LogP contribution in [0.4, 0.5) is 0 Å². The Hall–Kier alpha value is -2.44. The lowest BCUT2D eigenvalue weighted by atomic mass is 10.2. The van der Waals surface area contributed by atoms with Crippen LogP contribution < -0.4 is 16.6 Å². The van der Waals surface area contributed by atoms with Gasteiger partial charge in [-0.3, -0.25) is 19.1 Å². The van der Waals surface area contributed by atoms with Gasteiger partial charge in [-0.05, 0) is 25.0 Å². The van der Waals surface area contributed by atoms with E-state index in [0.29, 0.717) is 0 Å². The van der Waals surface area contributed by atoms with Crippen molar-refractivity contribution >= 4 is 16.9 Å². The molecule has 1 aliphatic rings. The van der Waals surface area contributed by atoms with E-state index in [1.54, 1.807) is 0 Å². The van der Waals surface area contributed by atoms with Gasteiger partial charge in [0.1, 0.15) is 11.3 Å². The third-order valence-corrected chi connectivity index (χ3v) is 3.11. The first-order chi connectivity index (χ1) is 9.06. The Morgan fingerprint density at radius 1 is 1.42 bits per heavy atom. The molecule has 98 valence electrons. The second-order valence-electron chi connectivity index (χ2n) is 4.63. The number of rotatable bonds is 2. The van der Waals surface area contributed by atoms with Crippen molar-refractivity contribution in [3.63, 3.8) is 0 Å². The summed E-state index contributed by atoms with van der Waals surface area (Å²) in [6.45, 7) is 0. The molecule has 0 unspecified atom stereocenters. The maximum atomic E-state index is 11.9. The van der Waals surface area contributed by atoms with Crippen molar-refractivity contribution in [2.75, 3.05) is 0 Å². The zero-order valence-corrected chi connectivity index (χ0v) is 10.3. The van der Waals surface area contributed by atoms with Gasteiger partial charge in [0.25, 0.3) is 11.5 Å². The van der Waals surface area contributed by atoms with Crippen LogP contribution in [0.15, 0.2) is 21.7 Å². The second-order valence-corrected chi connectivity index (χ2v) is 4.63. The van der Waals surface area contributed by atoms with Crippen LogP contribution in [0.1, 0.15) is 23.3 Å². The number of carbonyl (C=O) groups excluding carboxylic acids is 1. The fourth-order valence-corrected chi connectivity index (χ4v) is 1.84. The summed E-state index contributed by atoms with van der Waals surface area (Å²) in [6.07, 6.45) is 1.97. The molecule has 7 heteroatoms. The normalized spacial score (nSPS) is 14.6. The summed E-state index contributed by atoms with van der Waals surface area (Å²) in [6, 6.07) is 3.22. The Morgan fingerprint density at radius 2 is 2.16 bits per heavy atom. The molecule has 0 saturated heterocycles. The predicted octanol–water partition coefficient (Wildman–Crippen LogP) is -0.486. The largest absolute Gasteiger partial charge is 0.348 e. The molecule has 1 fully saturated rings. The minimum absolute atomic E-state index is 0.206. The number of hydrogen-bond donors (Lipinski definition) is 2. The average molecular weight is 260 g/mol. The van der Waals surface area contributed by atoms with Gasteiger partial charge in [0.2, 0.25) is 0 Å². The Morgan fingerprint density at radius 3 is 2.84 bits per heavy atom. The maximum Gasteiger partial charge on any atom is 0.329 e. The topological polar surface area (TPSA) is 96.9 Å². The molecule has 0 atom stereocenters. The van der Waals surface area contributed by atoms with Crippen molar-refractivity contribution in [1.82, 2.24) is 19.9 Å². The van der Waals surface area contributed by atoms with E-state index < -0.39 is 11.2 Å². The third kappa shape index (κ3) is 2.03. The average Bonchev–Trinajstić information content (AvgIpc) is 3.19. The fourth-order valence-electron chi connectivity index (χ4n) is 1.84. The van der Waals surface area contributed by atoms with Crippen LogP contribution in [0.3, 0.4) is 0 Å². The van der Waals surface area contributed by atoms with Gasteiger partial charge >= 0.3 is 5.69 Å². The van der Waals surface area contributed by atoms with Crippen LogP contribution in [0, 0.1) is 0 Å². The monoisotopic (exact) mass is 260 g/mol. The number of H-pyrrole nitrogens is 1. The number of fused-ring (bicyclic) bond motifs is 1. The van der Waals surface area contributed by atoms with Gasteiger partial charge in [-0.15, -0.1) is 0 Å². The molecule has 1 amide bonds. The number of hydrogen-bond acceptors (Lipinski definition) is 4. The number of carbonyl (C=O) groups is 1. The summed E-state index contributed by atoms with van der Waals surface area (Å²) in [4.78, 5) is 41.3. The molecule has 3 rings (SSSR count). The Kier molecular flexibility index (Phi) is 2.48. The fraction of sp³-hybridized carbons (Fsp3) is 0.333. The molecular weight excluding hydrogens is 248 g/mol. The number of nitrogens with one attached hydrogen (secondary N) is 2. The molecule has 7 nitrogen and oxygen atoms in total. The number of aryl methyl sites for hydroxylation is 1. The summed E-state index contributed by atoms with van der Waals surface area (Å²) in [5.41, 5.74) is -0.637. The van der Waals surface area contributed by atoms with Crippen molar-refractivity contribution in [2.24, 2.45) is 7.05 Å². The van der Waals surface area contributed by atoms with E-state index in [4.69, 9.17) is 0 Å². The third-order valence-electron chi connectivity index (χ3n) is 3.11. The van der Waals surface area contributed by atoms with Crippen LogP contribution in [0.25, 0.3) is 11.0 Å². The van der Waals surface area contributed by atoms with Crippen LogP contribution >= 0.6 is 0 Å². The SMILES string of the molecule is Cn1c(=O)[nH]c(=O)c2ccc(C(=O)NC3CC3)nc21. The number of aromatic amines is 1. The maximum absolute atomic E-state index is 11.9. The first kappa shape index (κ1) is 11.6. The van der Waals surface area contributed by atoms with E-state index in [2.05, 4.69) is 15.3 Å². The van der Waals surface area contributed by atoms with E-state index >= 15 is 0 Å². The summed E-state index contributed by atoms with van der Waals surface area (Å²) in [7, 11) is 1.50.